The molecule has 0 radical (unpaired) electrons. The predicted octanol–water partition coefficient (Wildman–Crippen LogP) is 0.0975. The topological polar surface area (TPSA) is 80.6 Å². The Kier molecular flexibility index (Phi) is 5.41. The van der Waals surface area contributed by atoms with E-state index in [1.165, 1.54) is 14.2 Å². The zero-order valence-electron chi connectivity index (χ0n) is 10.4. The van der Waals surface area contributed by atoms with Gasteiger partial charge in [-0.3, -0.25) is 0 Å². The Bertz CT molecular complexity index is 326. The van der Waals surface area contributed by atoms with E-state index in [0.29, 0.717) is 18.9 Å². The van der Waals surface area contributed by atoms with E-state index in [0.717, 1.165) is 6.54 Å². The molecule has 0 saturated heterocycles. The fourth-order valence-electron chi connectivity index (χ4n) is 1.31. The normalized spacial score (nSPS) is 10.1. The molecule has 0 saturated carbocycles. The van der Waals surface area contributed by atoms with E-state index >= 15 is 0 Å². The van der Waals surface area contributed by atoms with Crippen molar-refractivity contribution in [3.05, 3.63) is 0 Å². The summed E-state index contributed by atoms with van der Waals surface area (Å²) in [4.78, 5) is 14.1. The number of methoxy groups -OCH3 is 2. The van der Waals surface area contributed by atoms with Crippen LogP contribution in [0.15, 0.2) is 0 Å². The second kappa shape index (κ2) is 6.85. The van der Waals surface area contributed by atoms with Gasteiger partial charge >= 0.3 is 12.0 Å². The monoisotopic (exact) mass is 242 g/mol. The average molecular weight is 242 g/mol. The molecule has 0 amide bonds. The lowest BCUT2D eigenvalue weighted by Gasteiger charge is -2.20. The average Bonchev–Trinajstić information content (AvgIpc) is 2.39. The van der Waals surface area contributed by atoms with Crippen LogP contribution >= 0.6 is 0 Å². The van der Waals surface area contributed by atoms with Crippen molar-refractivity contribution in [3.63, 3.8) is 0 Å². The summed E-state index contributed by atoms with van der Waals surface area (Å²) < 4.78 is 9.96. The van der Waals surface area contributed by atoms with E-state index in [-0.39, 0.29) is 18.6 Å². The third-order valence-corrected chi connectivity index (χ3v) is 2.20. The van der Waals surface area contributed by atoms with Crippen molar-refractivity contribution in [1.82, 2.24) is 15.0 Å². The third kappa shape index (κ3) is 3.70. The van der Waals surface area contributed by atoms with Crippen molar-refractivity contribution in [3.8, 4) is 12.0 Å². The number of anilines is 1. The molecule has 0 unspecified atom stereocenters. The number of aliphatic hydroxyl groups is 1. The molecular weight excluding hydrogens is 224 g/mol. The van der Waals surface area contributed by atoms with E-state index in [1.54, 1.807) is 0 Å². The summed E-state index contributed by atoms with van der Waals surface area (Å²) >= 11 is 0. The molecule has 0 spiro atoms. The van der Waals surface area contributed by atoms with Crippen LogP contribution in [0.5, 0.6) is 12.0 Å². The number of hydrogen-bond acceptors (Lipinski definition) is 7. The predicted molar refractivity (Wildman–Crippen MR) is 62.5 cm³/mol. The van der Waals surface area contributed by atoms with Gasteiger partial charge in [0.15, 0.2) is 0 Å². The van der Waals surface area contributed by atoms with E-state index in [1.807, 2.05) is 11.8 Å². The number of hydrogen-bond donors (Lipinski definition) is 1. The highest BCUT2D eigenvalue weighted by Gasteiger charge is 2.12. The van der Waals surface area contributed by atoms with Crippen molar-refractivity contribution >= 4 is 5.95 Å². The highest BCUT2D eigenvalue weighted by Crippen LogP contribution is 2.15. The molecule has 0 aliphatic rings. The minimum absolute atomic E-state index is 0.135. The first-order valence-electron chi connectivity index (χ1n) is 5.45. The van der Waals surface area contributed by atoms with Crippen LogP contribution < -0.4 is 14.4 Å². The smallest absolute Gasteiger partial charge is 0.324 e. The quantitative estimate of drug-likeness (QED) is 0.726. The molecule has 7 nitrogen and oxygen atoms in total. The summed E-state index contributed by atoms with van der Waals surface area (Å²) in [5.74, 6) is 0.490. The second-order valence-electron chi connectivity index (χ2n) is 3.27. The van der Waals surface area contributed by atoms with Crippen molar-refractivity contribution in [2.75, 3.05) is 38.8 Å². The minimum Gasteiger partial charge on any atom is -0.467 e. The molecule has 0 bridgehead atoms. The van der Waals surface area contributed by atoms with Crippen LogP contribution in [0.1, 0.15) is 13.3 Å². The first-order valence-corrected chi connectivity index (χ1v) is 5.45. The molecule has 1 aromatic rings. The molecule has 1 rings (SSSR count). The number of rotatable bonds is 7. The molecular formula is C10H18N4O3. The second-order valence-corrected chi connectivity index (χ2v) is 3.27. The van der Waals surface area contributed by atoms with E-state index in [4.69, 9.17) is 14.6 Å². The Morgan fingerprint density at radius 3 is 2.12 bits per heavy atom. The van der Waals surface area contributed by atoms with Gasteiger partial charge in [-0.2, -0.15) is 9.97 Å². The summed E-state index contributed by atoms with van der Waals surface area (Å²) in [5, 5.41) is 8.83. The molecule has 7 heteroatoms. The number of aliphatic hydroxyl groups excluding tert-OH is 1. The highest BCUT2D eigenvalue weighted by molar-refractivity contribution is 5.31. The first-order chi connectivity index (χ1) is 8.24. The molecule has 0 fully saturated rings. The summed E-state index contributed by atoms with van der Waals surface area (Å²) in [6.45, 7) is 3.52. The van der Waals surface area contributed by atoms with Gasteiger partial charge in [0.05, 0.1) is 14.2 Å². The van der Waals surface area contributed by atoms with Crippen LogP contribution in [0.25, 0.3) is 0 Å². The standard InChI is InChI=1S/C10H18N4O3/c1-4-14(6-5-7-15)8-11-9(16-2)13-10(12-8)17-3/h15H,4-7H2,1-3H3. The number of aromatic nitrogens is 3. The van der Waals surface area contributed by atoms with Crippen molar-refractivity contribution in [1.29, 1.82) is 0 Å². The Morgan fingerprint density at radius 2 is 1.71 bits per heavy atom. The van der Waals surface area contributed by atoms with Gasteiger partial charge in [-0.05, 0) is 13.3 Å². The van der Waals surface area contributed by atoms with Crippen molar-refractivity contribution < 1.29 is 14.6 Å². The lowest BCUT2D eigenvalue weighted by Crippen LogP contribution is -2.27. The molecule has 0 aliphatic heterocycles. The molecule has 96 valence electrons. The van der Waals surface area contributed by atoms with Crippen molar-refractivity contribution in [2.24, 2.45) is 0 Å². The lowest BCUT2D eigenvalue weighted by molar-refractivity contribution is 0.289. The molecule has 17 heavy (non-hydrogen) atoms. The fourth-order valence-corrected chi connectivity index (χ4v) is 1.31. The molecule has 1 heterocycles. The van der Waals surface area contributed by atoms with E-state index in [9.17, 15) is 0 Å². The van der Waals surface area contributed by atoms with Gasteiger partial charge < -0.3 is 19.5 Å². The Hall–Kier alpha value is -1.63. The van der Waals surface area contributed by atoms with E-state index in [2.05, 4.69) is 15.0 Å². The van der Waals surface area contributed by atoms with E-state index < -0.39 is 0 Å². The van der Waals surface area contributed by atoms with Gasteiger partial charge in [0.2, 0.25) is 5.95 Å². The van der Waals surface area contributed by atoms with Gasteiger partial charge in [-0.15, -0.1) is 4.98 Å². The van der Waals surface area contributed by atoms with Crippen LogP contribution in [-0.2, 0) is 0 Å². The maximum Gasteiger partial charge on any atom is 0.324 e. The van der Waals surface area contributed by atoms with Crippen LogP contribution in [0.2, 0.25) is 0 Å². The largest absolute Gasteiger partial charge is 0.467 e. The van der Waals surface area contributed by atoms with Crippen LogP contribution in [0.4, 0.5) is 5.95 Å². The Labute approximate surface area is 100 Å². The summed E-state index contributed by atoms with van der Waals surface area (Å²) in [6.07, 6.45) is 0.657. The minimum atomic E-state index is 0.135. The Balaban J connectivity index is 2.92. The zero-order chi connectivity index (χ0) is 12.7. The molecule has 1 aromatic heterocycles. The van der Waals surface area contributed by atoms with Crippen LogP contribution in [0.3, 0.4) is 0 Å². The maximum atomic E-state index is 8.83. The fraction of sp³-hybridized carbons (Fsp3) is 0.700. The Morgan fingerprint density at radius 1 is 1.12 bits per heavy atom. The van der Waals surface area contributed by atoms with Gasteiger partial charge in [0, 0.05) is 19.7 Å². The van der Waals surface area contributed by atoms with Gasteiger partial charge in [-0.25, -0.2) is 0 Å². The number of ether oxygens (including phenoxy) is 2. The molecule has 0 atom stereocenters. The summed E-state index contributed by atoms with van der Waals surface area (Å²) in [6, 6.07) is 0.434. The highest BCUT2D eigenvalue weighted by atomic mass is 16.5. The third-order valence-electron chi connectivity index (χ3n) is 2.20. The molecule has 0 aliphatic carbocycles. The first kappa shape index (κ1) is 13.4. The van der Waals surface area contributed by atoms with Crippen LogP contribution in [-0.4, -0.2) is 54.0 Å². The van der Waals surface area contributed by atoms with Crippen molar-refractivity contribution in [2.45, 2.75) is 13.3 Å². The SMILES string of the molecule is CCN(CCCO)c1nc(OC)nc(OC)n1. The number of nitrogens with zero attached hydrogens (tertiary/aromatic N) is 4. The molecule has 1 N–H and O–H groups in total. The van der Waals surface area contributed by atoms with Gasteiger partial charge in [0.1, 0.15) is 0 Å². The lowest BCUT2D eigenvalue weighted by atomic mass is 10.4. The summed E-state index contributed by atoms with van der Waals surface area (Å²) in [7, 11) is 2.98. The summed E-state index contributed by atoms with van der Waals surface area (Å²) in [5.41, 5.74) is 0. The molecule has 0 aromatic carbocycles. The maximum absolute atomic E-state index is 8.83. The van der Waals surface area contributed by atoms with Gasteiger partial charge in [0.25, 0.3) is 0 Å². The van der Waals surface area contributed by atoms with Gasteiger partial charge in [-0.1, -0.05) is 0 Å². The van der Waals surface area contributed by atoms with Crippen LogP contribution in [0, 0.1) is 0 Å². The zero-order valence-corrected chi connectivity index (χ0v) is 10.4.